The van der Waals surface area contributed by atoms with Crippen molar-refractivity contribution in [2.75, 3.05) is 18.2 Å². The van der Waals surface area contributed by atoms with Gasteiger partial charge in [-0.05, 0) is 36.8 Å². The molecule has 0 radical (unpaired) electrons. The van der Waals surface area contributed by atoms with Crippen LogP contribution in [0.5, 0.6) is 0 Å². The van der Waals surface area contributed by atoms with Crippen molar-refractivity contribution < 1.29 is 9.53 Å². The molecule has 4 nitrogen and oxygen atoms in total. The number of ether oxygens (including phenoxy) is 1. The highest BCUT2D eigenvalue weighted by Gasteiger charge is 2.16. The van der Waals surface area contributed by atoms with Crippen molar-refractivity contribution in [3.05, 3.63) is 58.6 Å². The van der Waals surface area contributed by atoms with Crippen LogP contribution >= 0.6 is 11.6 Å². The van der Waals surface area contributed by atoms with Gasteiger partial charge >= 0.3 is 5.97 Å². The monoisotopic (exact) mass is 304 g/mol. The van der Waals surface area contributed by atoms with Gasteiger partial charge in [-0.25, -0.2) is 4.79 Å². The van der Waals surface area contributed by atoms with Gasteiger partial charge in [0, 0.05) is 11.1 Å². The number of rotatable bonds is 4. The van der Waals surface area contributed by atoms with E-state index in [4.69, 9.17) is 22.1 Å². The second kappa shape index (κ2) is 6.50. The van der Waals surface area contributed by atoms with Gasteiger partial charge in [0.2, 0.25) is 0 Å². The predicted molar refractivity (Wildman–Crippen MR) is 85.7 cm³/mol. The Bertz CT molecular complexity index is 641. The van der Waals surface area contributed by atoms with Gasteiger partial charge in [-0.1, -0.05) is 29.8 Å². The molecule has 0 heterocycles. The standard InChI is InChI=1S/C16H17ClN2O2/c1-10(11-6-8-12(17)9-7-11)19-15-13(16(20)21-2)4-3-5-14(15)18/h3-10,19H,18H2,1-2H3. The third-order valence-electron chi connectivity index (χ3n) is 3.23. The lowest BCUT2D eigenvalue weighted by Gasteiger charge is -2.19. The topological polar surface area (TPSA) is 64.3 Å². The highest BCUT2D eigenvalue weighted by Crippen LogP contribution is 2.29. The third kappa shape index (κ3) is 3.47. The quantitative estimate of drug-likeness (QED) is 0.664. The number of anilines is 2. The molecule has 0 saturated carbocycles. The van der Waals surface area contributed by atoms with Crippen LogP contribution in [0.4, 0.5) is 11.4 Å². The van der Waals surface area contributed by atoms with Crippen molar-refractivity contribution in [1.82, 2.24) is 0 Å². The summed E-state index contributed by atoms with van der Waals surface area (Å²) >= 11 is 5.89. The molecule has 1 unspecified atom stereocenters. The van der Waals surface area contributed by atoms with Crippen LogP contribution in [0.15, 0.2) is 42.5 Å². The molecule has 110 valence electrons. The van der Waals surface area contributed by atoms with Gasteiger partial charge in [0.1, 0.15) is 0 Å². The number of halogens is 1. The summed E-state index contributed by atoms with van der Waals surface area (Å²) in [4.78, 5) is 11.8. The number of esters is 1. The molecule has 1 atom stereocenters. The number of carbonyl (C=O) groups excluding carboxylic acids is 1. The highest BCUT2D eigenvalue weighted by molar-refractivity contribution is 6.30. The Hall–Kier alpha value is -2.20. The summed E-state index contributed by atoms with van der Waals surface area (Å²) in [6, 6.07) is 12.6. The molecule has 5 heteroatoms. The lowest BCUT2D eigenvalue weighted by molar-refractivity contribution is 0.0602. The van der Waals surface area contributed by atoms with Crippen LogP contribution in [0.1, 0.15) is 28.9 Å². The molecule has 2 rings (SSSR count). The number of nitrogen functional groups attached to an aromatic ring is 1. The Kier molecular flexibility index (Phi) is 4.70. The van der Waals surface area contributed by atoms with Crippen molar-refractivity contribution in [3.63, 3.8) is 0 Å². The first-order chi connectivity index (χ1) is 10.0. The lowest BCUT2D eigenvalue weighted by atomic mass is 10.1. The predicted octanol–water partition coefficient (Wildman–Crippen LogP) is 3.88. The highest BCUT2D eigenvalue weighted by atomic mass is 35.5. The Morgan fingerprint density at radius 2 is 1.90 bits per heavy atom. The molecular formula is C16H17ClN2O2. The van der Waals surface area contributed by atoms with Crippen LogP contribution in [-0.2, 0) is 4.74 Å². The summed E-state index contributed by atoms with van der Waals surface area (Å²) < 4.78 is 4.78. The van der Waals surface area contributed by atoms with E-state index in [9.17, 15) is 4.79 Å². The zero-order valence-electron chi connectivity index (χ0n) is 11.9. The molecular weight excluding hydrogens is 288 g/mol. The van der Waals surface area contributed by atoms with Crippen molar-refractivity contribution in [3.8, 4) is 0 Å². The van der Waals surface area contributed by atoms with E-state index in [-0.39, 0.29) is 6.04 Å². The molecule has 21 heavy (non-hydrogen) atoms. The molecule has 0 aliphatic carbocycles. The van der Waals surface area contributed by atoms with Gasteiger partial charge in [0.25, 0.3) is 0 Å². The van der Waals surface area contributed by atoms with Gasteiger partial charge in [-0.3, -0.25) is 0 Å². The Labute approximate surface area is 128 Å². The Morgan fingerprint density at radius 3 is 2.52 bits per heavy atom. The van der Waals surface area contributed by atoms with Gasteiger partial charge < -0.3 is 15.8 Å². The second-order valence-electron chi connectivity index (χ2n) is 4.68. The zero-order valence-corrected chi connectivity index (χ0v) is 12.6. The maximum atomic E-state index is 11.8. The summed E-state index contributed by atoms with van der Waals surface area (Å²) in [5.41, 5.74) is 8.50. The number of hydrogen-bond donors (Lipinski definition) is 2. The molecule has 2 aromatic carbocycles. The van der Waals surface area contributed by atoms with E-state index in [0.717, 1.165) is 5.56 Å². The van der Waals surface area contributed by atoms with Crippen LogP contribution in [0.25, 0.3) is 0 Å². The minimum atomic E-state index is -0.423. The number of methoxy groups -OCH3 is 1. The maximum absolute atomic E-state index is 11.8. The van der Waals surface area contributed by atoms with Crippen LogP contribution in [0.2, 0.25) is 5.02 Å². The number of carbonyl (C=O) groups is 1. The first kappa shape index (κ1) is 15.2. The summed E-state index contributed by atoms with van der Waals surface area (Å²) in [7, 11) is 1.35. The number of para-hydroxylation sites is 1. The average molecular weight is 305 g/mol. The minimum Gasteiger partial charge on any atom is -0.465 e. The molecule has 0 aliphatic heterocycles. The van der Waals surface area contributed by atoms with Crippen LogP contribution < -0.4 is 11.1 Å². The summed E-state index contributed by atoms with van der Waals surface area (Å²) in [6.07, 6.45) is 0. The number of benzene rings is 2. The molecule has 0 fully saturated rings. The minimum absolute atomic E-state index is 0.0321. The fourth-order valence-electron chi connectivity index (χ4n) is 2.06. The van der Waals surface area contributed by atoms with Gasteiger partial charge in [-0.2, -0.15) is 0 Å². The normalized spacial score (nSPS) is 11.8. The van der Waals surface area contributed by atoms with E-state index in [1.165, 1.54) is 7.11 Å². The second-order valence-corrected chi connectivity index (χ2v) is 5.12. The Morgan fingerprint density at radius 1 is 1.24 bits per heavy atom. The molecule has 0 amide bonds. The maximum Gasteiger partial charge on any atom is 0.340 e. The fourth-order valence-corrected chi connectivity index (χ4v) is 2.19. The van der Waals surface area contributed by atoms with Crippen LogP contribution in [-0.4, -0.2) is 13.1 Å². The molecule has 0 aliphatic rings. The molecule has 0 bridgehead atoms. The zero-order chi connectivity index (χ0) is 15.4. The van der Waals surface area contributed by atoms with E-state index in [1.54, 1.807) is 18.2 Å². The summed E-state index contributed by atoms with van der Waals surface area (Å²) in [6.45, 7) is 1.98. The first-order valence-electron chi connectivity index (χ1n) is 6.51. The van der Waals surface area contributed by atoms with Crippen LogP contribution in [0, 0.1) is 0 Å². The largest absolute Gasteiger partial charge is 0.465 e. The molecule has 0 aromatic heterocycles. The van der Waals surface area contributed by atoms with Gasteiger partial charge in [-0.15, -0.1) is 0 Å². The van der Waals surface area contributed by atoms with Gasteiger partial charge in [0.15, 0.2) is 0 Å². The van der Waals surface area contributed by atoms with E-state index < -0.39 is 5.97 Å². The molecule has 0 saturated heterocycles. The van der Waals surface area contributed by atoms with Gasteiger partial charge in [0.05, 0.1) is 24.0 Å². The number of hydrogen-bond acceptors (Lipinski definition) is 4. The Balaban J connectivity index is 2.30. The van der Waals surface area contributed by atoms with E-state index in [0.29, 0.717) is 22.0 Å². The van der Waals surface area contributed by atoms with Crippen molar-refractivity contribution in [2.24, 2.45) is 0 Å². The summed E-state index contributed by atoms with van der Waals surface area (Å²) in [5.74, 6) is -0.423. The van der Waals surface area contributed by atoms with Crippen LogP contribution in [0.3, 0.4) is 0 Å². The third-order valence-corrected chi connectivity index (χ3v) is 3.48. The van der Waals surface area contributed by atoms with E-state index in [2.05, 4.69) is 5.32 Å². The lowest BCUT2D eigenvalue weighted by Crippen LogP contribution is -2.13. The molecule has 0 spiro atoms. The number of nitrogens with two attached hydrogens (primary N) is 1. The van der Waals surface area contributed by atoms with Crippen molar-refractivity contribution >= 4 is 28.9 Å². The smallest absolute Gasteiger partial charge is 0.340 e. The first-order valence-corrected chi connectivity index (χ1v) is 6.89. The summed E-state index contributed by atoms with van der Waals surface area (Å²) in [5, 5.41) is 3.94. The molecule has 3 N–H and O–H groups in total. The number of nitrogens with one attached hydrogen (secondary N) is 1. The molecule has 2 aromatic rings. The SMILES string of the molecule is COC(=O)c1cccc(N)c1NC(C)c1ccc(Cl)cc1. The fraction of sp³-hybridized carbons (Fsp3) is 0.188. The van der Waals surface area contributed by atoms with E-state index in [1.807, 2.05) is 31.2 Å². The van der Waals surface area contributed by atoms with Crippen molar-refractivity contribution in [1.29, 1.82) is 0 Å². The van der Waals surface area contributed by atoms with Crippen molar-refractivity contribution in [2.45, 2.75) is 13.0 Å². The van der Waals surface area contributed by atoms with E-state index >= 15 is 0 Å². The average Bonchev–Trinajstić information content (AvgIpc) is 2.49.